The lowest BCUT2D eigenvalue weighted by molar-refractivity contribution is -0.0500. The highest BCUT2D eigenvalue weighted by Crippen LogP contribution is 2.45. The molecule has 10 nitrogen and oxygen atoms in total. The molecule has 0 aromatic heterocycles. The molecule has 228 valence electrons. The van der Waals surface area contributed by atoms with E-state index >= 15 is 0 Å². The van der Waals surface area contributed by atoms with Crippen molar-refractivity contribution in [3.05, 3.63) is 93.0 Å². The smallest absolute Gasteiger partial charge is 0.478 e. The average molecular weight is 641 g/mol. The van der Waals surface area contributed by atoms with E-state index in [4.69, 9.17) is 8.92 Å². The van der Waals surface area contributed by atoms with Gasteiger partial charge in [0.05, 0.1) is 5.56 Å². The van der Waals surface area contributed by atoms with E-state index in [2.05, 4.69) is 4.18 Å². The SMILES string of the molecule is Cc1ccc(S(=O)(=O)Oc2c(C/C=C/c3c(C)cccc3C(=O)O)c(OS(=O)(=O)C(F)(F)F)c(C)c3c2C(=O)OC3)cc1. The third kappa shape index (κ3) is 6.22. The molecule has 0 saturated heterocycles. The third-order valence-corrected chi connectivity index (χ3v) is 8.75. The number of carbonyl (C=O) groups is 2. The van der Waals surface area contributed by atoms with Crippen molar-refractivity contribution in [1.29, 1.82) is 0 Å². The number of halogens is 3. The maximum absolute atomic E-state index is 13.4. The molecule has 0 saturated carbocycles. The first kappa shape index (κ1) is 31.6. The maximum atomic E-state index is 13.4. The zero-order valence-corrected chi connectivity index (χ0v) is 24.3. The van der Waals surface area contributed by atoms with Gasteiger partial charge in [-0.1, -0.05) is 42.0 Å². The molecule has 3 aromatic carbocycles. The highest BCUT2D eigenvalue weighted by atomic mass is 32.2. The van der Waals surface area contributed by atoms with Gasteiger partial charge in [-0.25, -0.2) is 9.59 Å². The van der Waals surface area contributed by atoms with Crippen LogP contribution in [0.5, 0.6) is 11.5 Å². The topological polar surface area (TPSA) is 150 Å². The zero-order valence-electron chi connectivity index (χ0n) is 22.7. The average Bonchev–Trinajstić information content (AvgIpc) is 3.29. The molecule has 1 aliphatic heterocycles. The molecule has 0 fully saturated rings. The molecule has 0 amide bonds. The van der Waals surface area contributed by atoms with Gasteiger partial charge >= 0.3 is 37.7 Å². The maximum Gasteiger partial charge on any atom is 0.534 e. The van der Waals surface area contributed by atoms with Crippen molar-refractivity contribution in [1.82, 2.24) is 0 Å². The molecule has 3 aromatic rings. The summed E-state index contributed by atoms with van der Waals surface area (Å²) in [4.78, 5) is 24.1. The Labute approximate surface area is 244 Å². The van der Waals surface area contributed by atoms with Crippen molar-refractivity contribution in [2.45, 2.75) is 44.2 Å². The number of ether oxygens (including phenoxy) is 1. The van der Waals surface area contributed by atoms with Gasteiger partial charge in [0.1, 0.15) is 17.1 Å². The first-order valence-electron chi connectivity index (χ1n) is 12.3. The molecular weight excluding hydrogens is 617 g/mol. The minimum absolute atomic E-state index is 0.112. The van der Waals surface area contributed by atoms with Crippen molar-refractivity contribution in [3.8, 4) is 11.5 Å². The lowest BCUT2D eigenvalue weighted by atomic mass is 9.95. The lowest BCUT2D eigenvalue weighted by Crippen LogP contribution is -2.29. The van der Waals surface area contributed by atoms with Crippen molar-refractivity contribution in [2.24, 2.45) is 0 Å². The summed E-state index contributed by atoms with van der Waals surface area (Å²) in [5.74, 6) is -4.04. The number of hydrogen-bond acceptors (Lipinski definition) is 9. The zero-order chi connectivity index (χ0) is 31.9. The molecule has 15 heteroatoms. The van der Waals surface area contributed by atoms with Crippen LogP contribution in [-0.2, 0) is 38.0 Å². The van der Waals surface area contributed by atoms with E-state index in [1.807, 2.05) is 0 Å². The Balaban J connectivity index is 1.97. The molecule has 0 radical (unpaired) electrons. The van der Waals surface area contributed by atoms with Crippen LogP contribution >= 0.6 is 0 Å². The van der Waals surface area contributed by atoms with Crippen molar-refractivity contribution < 1.29 is 57.8 Å². The summed E-state index contributed by atoms with van der Waals surface area (Å²) in [6.07, 6.45) is 1.99. The van der Waals surface area contributed by atoms with Gasteiger partial charge in [-0.3, -0.25) is 0 Å². The number of allylic oxidation sites excluding steroid dienone is 1. The van der Waals surface area contributed by atoms with E-state index in [1.54, 1.807) is 19.9 Å². The number of carbonyl (C=O) groups excluding carboxylic acids is 1. The lowest BCUT2D eigenvalue weighted by Gasteiger charge is -2.20. The summed E-state index contributed by atoms with van der Waals surface area (Å²) in [5, 5.41) is 9.56. The van der Waals surface area contributed by atoms with E-state index in [9.17, 15) is 44.7 Å². The Hall–Kier alpha value is -4.37. The number of fused-ring (bicyclic) bond motifs is 1. The molecule has 0 spiro atoms. The number of carboxylic acid groups (broad SMARTS) is 1. The summed E-state index contributed by atoms with van der Waals surface area (Å²) >= 11 is 0. The monoisotopic (exact) mass is 640 g/mol. The van der Waals surface area contributed by atoms with Gasteiger partial charge in [0.25, 0.3) is 0 Å². The number of esters is 1. The summed E-state index contributed by atoms with van der Waals surface area (Å²) in [7, 11) is -11.0. The molecule has 0 bridgehead atoms. The van der Waals surface area contributed by atoms with Crippen LogP contribution in [0.4, 0.5) is 13.2 Å². The molecule has 0 unspecified atom stereocenters. The quantitative estimate of drug-likeness (QED) is 0.187. The standard InChI is InChI=1S/C28H23F3O10S2/c1-15-10-12-18(13-11-15)42(35,36)40-25-21(9-5-7-19-16(2)6-4-8-20(19)26(32)33)24(41-43(37,38)28(29,30)31)17(3)22-14-39-27(34)23(22)25/h4-8,10-13H,9,14H2,1-3H3,(H,32,33)/b7-5+. The second-order valence-electron chi connectivity index (χ2n) is 9.47. The van der Waals surface area contributed by atoms with Crippen LogP contribution in [-0.4, -0.2) is 39.4 Å². The predicted octanol–water partition coefficient (Wildman–Crippen LogP) is 5.23. The van der Waals surface area contributed by atoms with Crippen LogP contribution in [0.25, 0.3) is 6.08 Å². The minimum Gasteiger partial charge on any atom is -0.478 e. The summed E-state index contributed by atoms with van der Waals surface area (Å²) < 4.78 is 106. The number of benzene rings is 3. The van der Waals surface area contributed by atoms with Crippen molar-refractivity contribution in [2.75, 3.05) is 0 Å². The molecule has 1 aliphatic rings. The molecule has 43 heavy (non-hydrogen) atoms. The van der Waals surface area contributed by atoms with Gasteiger partial charge in [0.2, 0.25) is 0 Å². The number of rotatable bonds is 9. The van der Waals surface area contributed by atoms with E-state index < -0.39 is 73.3 Å². The number of hydrogen-bond donors (Lipinski definition) is 1. The third-order valence-electron chi connectivity index (χ3n) is 6.56. The van der Waals surface area contributed by atoms with Gasteiger partial charge < -0.3 is 18.2 Å². The fourth-order valence-electron chi connectivity index (χ4n) is 4.34. The van der Waals surface area contributed by atoms with Gasteiger partial charge in [0.15, 0.2) is 11.5 Å². The second-order valence-corrected chi connectivity index (χ2v) is 12.6. The number of alkyl halides is 3. The Morgan fingerprint density at radius 1 is 1.00 bits per heavy atom. The Bertz CT molecular complexity index is 1880. The molecule has 0 aliphatic carbocycles. The highest BCUT2D eigenvalue weighted by Gasteiger charge is 2.49. The fourth-order valence-corrected chi connectivity index (χ4v) is 5.85. The predicted molar refractivity (Wildman–Crippen MR) is 146 cm³/mol. The van der Waals surface area contributed by atoms with E-state index in [-0.39, 0.29) is 27.1 Å². The van der Waals surface area contributed by atoms with Crippen LogP contribution in [0.2, 0.25) is 0 Å². The number of aromatic carboxylic acids is 1. The number of cyclic esters (lactones) is 1. The summed E-state index contributed by atoms with van der Waals surface area (Å²) in [5.41, 5.74) is -5.88. The number of carboxylic acids is 1. The molecule has 1 N–H and O–H groups in total. The van der Waals surface area contributed by atoms with E-state index in [0.717, 1.165) is 0 Å². The highest BCUT2D eigenvalue weighted by molar-refractivity contribution is 7.88. The van der Waals surface area contributed by atoms with Gasteiger partial charge in [-0.05, 0) is 56.5 Å². The molecule has 1 heterocycles. The van der Waals surface area contributed by atoms with Crippen LogP contribution in [0.15, 0.2) is 53.4 Å². The largest absolute Gasteiger partial charge is 0.534 e. The molecular formula is C28H23F3O10S2. The van der Waals surface area contributed by atoms with Crippen LogP contribution in [0.1, 0.15) is 54.1 Å². The first-order chi connectivity index (χ1) is 19.9. The molecule has 0 atom stereocenters. The Kier molecular flexibility index (Phi) is 8.35. The molecule has 4 rings (SSSR count). The van der Waals surface area contributed by atoms with Gasteiger partial charge in [0, 0.05) is 16.7 Å². The van der Waals surface area contributed by atoms with Gasteiger partial charge in [-0.2, -0.15) is 30.0 Å². The van der Waals surface area contributed by atoms with Gasteiger partial charge in [-0.15, -0.1) is 0 Å². The first-order valence-corrected chi connectivity index (χ1v) is 15.1. The Morgan fingerprint density at radius 2 is 1.65 bits per heavy atom. The summed E-state index contributed by atoms with van der Waals surface area (Å²) in [6, 6.07) is 9.75. The van der Waals surface area contributed by atoms with Crippen molar-refractivity contribution >= 4 is 38.3 Å². The normalized spacial score (nSPS) is 13.6. The fraction of sp³-hybridized carbons (Fsp3) is 0.214. The van der Waals surface area contributed by atoms with E-state index in [0.29, 0.717) is 11.1 Å². The summed E-state index contributed by atoms with van der Waals surface area (Å²) in [6.45, 7) is 3.95. The Morgan fingerprint density at radius 3 is 2.26 bits per heavy atom. The minimum atomic E-state index is -6.28. The number of aryl methyl sites for hydroxylation is 2. The van der Waals surface area contributed by atoms with Crippen LogP contribution < -0.4 is 8.37 Å². The van der Waals surface area contributed by atoms with E-state index in [1.165, 1.54) is 55.5 Å². The van der Waals surface area contributed by atoms with Crippen LogP contribution in [0, 0.1) is 20.8 Å². The second kappa shape index (κ2) is 11.4. The van der Waals surface area contributed by atoms with Crippen LogP contribution in [0.3, 0.4) is 0 Å². The van der Waals surface area contributed by atoms with Crippen molar-refractivity contribution in [3.63, 3.8) is 0 Å².